The second-order valence-corrected chi connectivity index (χ2v) is 5.89. The molecule has 1 aromatic carbocycles. The van der Waals surface area contributed by atoms with Gasteiger partial charge in [-0.15, -0.1) is 0 Å². The van der Waals surface area contributed by atoms with Crippen LogP contribution in [-0.2, 0) is 11.2 Å². The van der Waals surface area contributed by atoms with Crippen LogP contribution in [0.3, 0.4) is 0 Å². The molecule has 1 atom stereocenters. The molecule has 0 radical (unpaired) electrons. The van der Waals surface area contributed by atoms with E-state index < -0.39 is 6.04 Å². The van der Waals surface area contributed by atoms with Gasteiger partial charge in [-0.2, -0.15) is 0 Å². The van der Waals surface area contributed by atoms with Crippen molar-refractivity contribution in [1.82, 2.24) is 10.6 Å². The summed E-state index contributed by atoms with van der Waals surface area (Å²) in [5.74, 6) is 0.123. The molecular formula is C18H20N2O3. The fourth-order valence-electron chi connectivity index (χ4n) is 2.45. The highest BCUT2D eigenvalue weighted by atomic mass is 16.3. The third-order valence-electron chi connectivity index (χ3n) is 3.93. The summed E-state index contributed by atoms with van der Waals surface area (Å²) in [5, 5.41) is 5.79. The number of hydrogen-bond acceptors (Lipinski definition) is 3. The normalized spacial score (nSPS) is 15.0. The molecular weight excluding hydrogens is 292 g/mol. The van der Waals surface area contributed by atoms with E-state index in [1.165, 1.54) is 6.26 Å². The van der Waals surface area contributed by atoms with Gasteiger partial charge in [0.25, 0.3) is 5.91 Å². The van der Waals surface area contributed by atoms with Crippen LogP contribution in [0.2, 0.25) is 0 Å². The molecule has 5 nitrogen and oxygen atoms in total. The van der Waals surface area contributed by atoms with Crippen molar-refractivity contribution in [2.24, 2.45) is 0 Å². The molecule has 0 saturated heterocycles. The van der Waals surface area contributed by atoms with E-state index >= 15 is 0 Å². The summed E-state index contributed by atoms with van der Waals surface area (Å²) in [7, 11) is 0. The van der Waals surface area contributed by atoms with Crippen molar-refractivity contribution >= 4 is 11.8 Å². The Morgan fingerprint density at radius 1 is 1.22 bits per heavy atom. The van der Waals surface area contributed by atoms with E-state index in [1.807, 2.05) is 30.3 Å². The van der Waals surface area contributed by atoms with Gasteiger partial charge in [-0.3, -0.25) is 9.59 Å². The first kappa shape index (κ1) is 15.3. The molecule has 0 aliphatic heterocycles. The van der Waals surface area contributed by atoms with E-state index in [4.69, 9.17) is 4.42 Å². The van der Waals surface area contributed by atoms with E-state index in [2.05, 4.69) is 10.6 Å². The fraction of sp³-hybridized carbons (Fsp3) is 0.333. The lowest BCUT2D eigenvalue weighted by molar-refractivity contribution is -0.123. The number of aryl methyl sites for hydroxylation is 1. The molecule has 1 aliphatic rings. The topological polar surface area (TPSA) is 71.3 Å². The smallest absolute Gasteiger partial charge is 0.255 e. The van der Waals surface area contributed by atoms with Crippen molar-refractivity contribution in [2.45, 2.75) is 38.3 Å². The van der Waals surface area contributed by atoms with Crippen molar-refractivity contribution in [3.63, 3.8) is 0 Å². The van der Waals surface area contributed by atoms with Gasteiger partial charge in [0.2, 0.25) is 5.91 Å². The molecule has 2 amide bonds. The lowest BCUT2D eigenvalue weighted by atomic mass is 10.0. The van der Waals surface area contributed by atoms with Crippen LogP contribution in [0.5, 0.6) is 0 Å². The van der Waals surface area contributed by atoms with Gasteiger partial charge in [0.05, 0.1) is 11.8 Å². The van der Waals surface area contributed by atoms with Crippen LogP contribution in [-0.4, -0.2) is 23.9 Å². The Bertz CT molecular complexity index is 689. The van der Waals surface area contributed by atoms with Crippen LogP contribution in [0, 0.1) is 6.92 Å². The van der Waals surface area contributed by atoms with E-state index in [0.29, 0.717) is 17.7 Å². The van der Waals surface area contributed by atoms with Crippen LogP contribution in [0.15, 0.2) is 47.1 Å². The summed E-state index contributed by atoms with van der Waals surface area (Å²) in [6.07, 6.45) is 3.96. The zero-order valence-electron chi connectivity index (χ0n) is 13.0. The van der Waals surface area contributed by atoms with Crippen molar-refractivity contribution in [3.8, 4) is 0 Å². The van der Waals surface area contributed by atoms with Gasteiger partial charge in [0, 0.05) is 12.5 Å². The third-order valence-corrected chi connectivity index (χ3v) is 3.93. The molecule has 1 saturated carbocycles. The molecule has 0 spiro atoms. The molecule has 2 N–H and O–H groups in total. The summed E-state index contributed by atoms with van der Waals surface area (Å²) >= 11 is 0. The monoisotopic (exact) mass is 312 g/mol. The van der Waals surface area contributed by atoms with Gasteiger partial charge in [0.15, 0.2) is 0 Å². The predicted octanol–water partition coefficient (Wildman–Crippen LogP) is 2.21. The molecule has 120 valence electrons. The molecule has 1 aliphatic carbocycles. The molecule has 1 aromatic heterocycles. The number of rotatable bonds is 6. The van der Waals surface area contributed by atoms with Gasteiger partial charge in [0.1, 0.15) is 11.8 Å². The van der Waals surface area contributed by atoms with Crippen molar-refractivity contribution in [1.29, 1.82) is 0 Å². The van der Waals surface area contributed by atoms with E-state index in [0.717, 1.165) is 18.4 Å². The molecule has 23 heavy (non-hydrogen) atoms. The van der Waals surface area contributed by atoms with Crippen LogP contribution in [0.25, 0.3) is 0 Å². The molecule has 1 fully saturated rings. The molecule has 0 unspecified atom stereocenters. The molecule has 0 bridgehead atoms. The minimum absolute atomic E-state index is 0.133. The van der Waals surface area contributed by atoms with Gasteiger partial charge in [-0.05, 0) is 31.4 Å². The number of amides is 2. The van der Waals surface area contributed by atoms with E-state index in [9.17, 15) is 9.59 Å². The van der Waals surface area contributed by atoms with Gasteiger partial charge in [-0.25, -0.2) is 0 Å². The maximum Gasteiger partial charge on any atom is 0.255 e. The Balaban J connectivity index is 1.72. The maximum absolute atomic E-state index is 12.4. The molecule has 2 aromatic rings. The average Bonchev–Trinajstić information content (AvgIpc) is 3.25. The first-order valence-corrected chi connectivity index (χ1v) is 7.83. The van der Waals surface area contributed by atoms with Gasteiger partial charge >= 0.3 is 0 Å². The van der Waals surface area contributed by atoms with Gasteiger partial charge < -0.3 is 15.1 Å². The lowest BCUT2D eigenvalue weighted by Crippen LogP contribution is -2.48. The Hall–Kier alpha value is -2.56. The highest BCUT2D eigenvalue weighted by Crippen LogP contribution is 2.19. The number of furan rings is 1. The van der Waals surface area contributed by atoms with Crippen molar-refractivity contribution in [2.75, 3.05) is 0 Å². The minimum Gasteiger partial charge on any atom is -0.469 e. The van der Waals surface area contributed by atoms with E-state index in [1.54, 1.807) is 13.0 Å². The highest BCUT2D eigenvalue weighted by molar-refractivity contribution is 5.98. The Labute approximate surface area is 135 Å². The first-order chi connectivity index (χ1) is 11.1. The van der Waals surface area contributed by atoms with Crippen LogP contribution >= 0.6 is 0 Å². The highest BCUT2D eigenvalue weighted by Gasteiger charge is 2.29. The van der Waals surface area contributed by atoms with Crippen LogP contribution in [0.4, 0.5) is 0 Å². The Morgan fingerprint density at radius 2 is 1.96 bits per heavy atom. The molecule has 3 rings (SSSR count). The standard InChI is InChI=1S/C18H20N2O3/c1-12-15(9-10-23-12)17(21)20-16(18(22)19-14-7-8-14)11-13-5-3-2-4-6-13/h2-6,9-10,14,16H,7-8,11H2,1H3,(H,19,22)(H,20,21)/t16-/m1/s1. The predicted molar refractivity (Wildman–Crippen MR) is 86.0 cm³/mol. The van der Waals surface area contributed by atoms with Gasteiger partial charge in [-0.1, -0.05) is 30.3 Å². The van der Waals surface area contributed by atoms with Crippen molar-refractivity contribution < 1.29 is 14.0 Å². The van der Waals surface area contributed by atoms with E-state index in [-0.39, 0.29) is 17.9 Å². The lowest BCUT2D eigenvalue weighted by Gasteiger charge is -2.18. The number of nitrogens with one attached hydrogen (secondary N) is 2. The molecule has 5 heteroatoms. The number of hydrogen-bond donors (Lipinski definition) is 2. The first-order valence-electron chi connectivity index (χ1n) is 7.83. The summed E-state index contributed by atoms with van der Waals surface area (Å²) in [6, 6.07) is 11.0. The second kappa shape index (κ2) is 6.69. The summed E-state index contributed by atoms with van der Waals surface area (Å²) in [6.45, 7) is 1.73. The zero-order valence-corrected chi connectivity index (χ0v) is 13.0. The quantitative estimate of drug-likeness (QED) is 0.859. The largest absolute Gasteiger partial charge is 0.469 e. The molecule has 1 heterocycles. The summed E-state index contributed by atoms with van der Waals surface area (Å²) in [5.41, 5.74) is 1.47. The van der Waals surface area contributed by atoms with Crippen LogP contribution in [0.1, 0.15) is 34.5 Å². The Morgan fingerprint density at radius 3 is 2.57 bits per heavy atom. The fourth-order valence-corrected chi connectivity index (χ4v) is 2.45. The SMILES string of the molecule is Cc1occc1C(=O)N[C@H](Cc1ccccc1)C(=O)NC1CC1. The zero-order chi connectivity index (χ0) is 16.2. The second-order valence-electron chi connectivity index (χ2n) is 5.89. The summed E-state index contributed by atoms with van der Waals surface area (Å²) < 4.78 is 5.16. The average molecular weight is 312 g/mol. The van der Waals surface area contributed by atoms with Crippen molar-refractivity contribution in [3.05, 3.63) is 59.5 Å². The summed E-state index contributed by atoms with van der Waals surface area (Å²) in [4.78, 5) is 24.8. The Kier molecular flexibility index (Phi) is 4.46. The third kappa shape index (κ3) is 4.00. The number of benzene rings is 1. The minimum atomic E-state index is -0.597. The maximum atomic E-state index is 12.4. The number of carbonyl (C=O) groups is 2. The van der Waals surface area contributed by atoms with Crippen LogP contribution < -0.4 is 10.6 Å². The number of carbonyl (C=O) groups excluding carboxylic acids is 2.